The molecule has 0 aliphatic heterocycles. The maximum Gasteiger partial charge on any atom is 0.119 e. The Hall–Kier alpha value is -3.33. The second kappa shape index (κ2) is 6.65. The molecule has 4 aromatic rings. The number of hydrogen-bond acceptors (Lipinski definition) is 2. The van der Waals surface area contributed by atoms with Crippen LogP contribution in [0.4, 0.5) is 0 Å². The Labute approximate surface area is 147 Å². The van der Waals surface area contributed by atoms with Crippen molar-refractivity contribution >= 4 is 0 Å². The van der Waals surface area contributed by atoms with E-state index in [1.807, 2.05) is 54.9 Å². The highest BCUT2D eigenvalue weighted by Gasteiger charge is 2.15. The number of ether oxygens (including phenoxy) is 1. The molecule has 0 spiro atoms. The quantitative estimate of drug-likeness (QED) is 0.514. The topological polar surface area (TPSA) is 27.1 Å². The molecule has 0 saturated heterocycles. The van der Waals surface area contributed by atoms with Gasteiger partial charge in [-0.15, -0.1) is 0 Å². The molecule has 0 fully saturated rings. The highest BCUT2D eigenvalue weighted by atomic mass is 16.5. The molecule has 0 N–H and O–H groups in total. The molecule has 0 radical (unpaired) electrons. The van der Waals surface area contributed by atoms with Crippen LogP contribution in [0.2, 0.25) is 0 Å². The largest absolute Gasteiger partial charge is 0.497 e. The van der Waals surface area contributed by atoms with Crippen molar-refractivity contribution in [2.45, 2.75) is 0 Å². The Balaban J connectivity index is 1.91. The van der Waals surface area contributed by atoms with Crippen molar-refractivity contribution in [1.82, 2.24) is 9.55 Å². The van der Waals surface area contributed by atoms with Crippen LogP contribution < -0.4 is 4.74 Å². The lowest BCUT2D eigenvalue weighted by molar-refractivity contribution is 0.415. The maximum atomic E-state index is 5.27. The van der Waals surface area contributed by atoms with Crippen molar-refractivity contribution in [3.8, 4) is 34.0 Å². The Kier molecular flexibility index (Phi) is 4.05. The first-order valence-corrected chi connectivity index (χ1v) is 8.19. The molecule has 3 aromatic carbocycles. The van der Waals surface area contributed by atoms with Gasteiger partial charge >= 0.3 is 0 Å². The summed E-state index contributed by atoms with van der Waals surface area (Å²) in [5.41, 5.74) is 5.34. The fraction of sp³-hybridized carbons (Fsp3) is 0.0455. The van der Waals surface area contributed by atoms with E-state index in [2.05, 4.69) is 41.0 Å². The molecule has 0 amide bonds. The number of aromatic nitrogens is 2. The molecule has 0 bridgehead atoms. The van der Waals surface area contributed by atoms with Crippen LogP contribution in [0.1, 0.15) is 0 Å². The van der Waals surface area contributed by atoms with Crippen LogP contribution in [-0.2, 0) is 0 Å². The summed E-state index contributed by atoms with van der Waals surface area (Å²) in [6.45, 7) is 0. The summed E-state index contributed by atoms with van der Waals surface area (Å²) in [6, 6.07) is 28.7. The van der Waals surface area contributed by atoms with E-state index in [1.165, 1.54) is 0 Å². The predicted octanol–water partition coefficient (Wildman–Crippen LogP) is 5.21. The summed E-state index contributed by atoms with van der Waals surface area (Å²) in [5.74, 6) is 0.841. The maximum absolute atomic E-state index is 5.27. The SMILES string of the molecule is COc1ccc(-n2cnc(-c3ccccc3)c2-c2ccccc2)cc1. The molecule has 3 heteroatoms. The molecule has 1 aromatic heterocycles. The Morgan fingerprint density at radius 3 is 1.92 bits per heavy atom. The highest BCUT2D eigenvalue weighted by Crippen LogP contribution is 2.33. The average molecular weight is 326 g/mol. The zero-order valence-electron chi connectivity index (χ0n) is 14.0. The van der Waals surface area contributed by atoms with Crippen molar-refractivity contribution in [3.05, 3.63) is 91.3 Å². The van der Waals surface area contributed by atoms with E-state index in [9.17, 15) is 0 Å². The summed E-state index contributed by atoms with van der Waals surface area (Å²) >= 11 is 0. The van der Waals surface area contributed by atoms with Crippen LogP contribution in [0.25, 0.3) is 28.2 Å². The molecule has 3 nitrogen and oxygen atoms in total. The Bertz CT molecular complexity index is 958. The van der Waals surface area contributed by atoms with E-state index in [1.54, 1.807) is 7.11 Å². The Morgan fingerprint density at radius 2 is 1.32 bits per heavy atom. The third-order valence-electron chi connectivity index (χ3n) is 4.21. The summed E-state index contributed by atoms with van der Waals surface area (Å²) in [7, 11) is 1.68. The minimum Gasteiger partial charge on any atom is -0.497 e. The Morgan fingerprint density at radius 1 is 0.720 bits per heavy atom. The number of hydrogen-bond donors (Lipinski definition) is 0. The highest BCUT2D eigenvalue weighted by molar-refractivity contribution is 5.79. The zero-order valence-corrected chi connectivity index (χ0v) is 14.0. The molecule has 25 heavy (non-hydrogen) atoms. The van der Waals surface area contributed by atoms with Gasteiger partial charge in [-0.2, -0.15) is 0 Å². The van der Waals surface area contributed by atoms with Crippen molar-refractivity contribution in [1.29, 1.82) is 0 Å². The first-order valence-electron chi connectivity index (χ1n) is 8.19. The van der Waals surface area contributed by atoms with Gasteiger partial charge in [-0.05, 0) is 24.3 Å². The van der Waals surface area contributed by atoms with Gasteiger partial charge in [-0.25, -0.2) is 4.98 Å². The third kappa shape index (κ3) is 2.92. The molecule has 4 rings (SSSR count). The molecule has 0 aliphatic carbocycles. The monoisotopic (exact) mass is 326 g/mol. The van der Waals surface area contributed by atoms with Crippen molar-refractivity contribution < 1.29 is 4.74 Å². The molecule has 0 aliphatic rings. The molecular formula is C22H18N2O. The van der Waals surface area contributed by atoms with Gasteiger partial charge in [-0.1, -0.05) is 60.7 Å². The van der Waals surface area contributed by atoms with Crippen LogP contribution in [-0.4, -0.2) is 16.7 Å². The normalized spacial score (nSPS) is 10.6. The standard InChI is InChI=1S/C22H18N2O/c1-25-20-14-12-19(13-15-20)24-16-23-21(17-8-4-2-5-9-17)22(24)18-10-6-3-7-11-18/h2-16H,1H3. The van der Waals surface area contributed by atoms with Gasteiger partial charge in [0.05, 0.1) is 18.5 Å². The van der Waals surface area contributed by atoms with E-state index >= 15 is 0 Å². The van der Waals surface area contributed by atoms with Gasteiger partial charge in [0.25, 0.3) is 0 Å². The smallest absolute Gasteiger partial charge is 0.119 e. The average Bonchev–Trinajstić information content (AvgIpc) is 3.14. The number of methoxy groups -OCH3 is 1. The molecule has 0 unspecified atom stereocenters. The van der Waals surface area contributed by atoms with E-state index in [-0.39, 0.29) is 0 Å². The van der Waals surface area contributed by atoms with Crippen molar-refractivity contribution in [2.24, 2.45) is 0 Å². The summed E-state index contributed by atoms with van der Waals surface area (Å²) in [4.78, 5) is 4.71. The fourth-order valence-electron chi connectivity index (χ4n) is 2.97. The molecule has 0 atom stereocenters. The minimum atomic E-state index is 0.841. The number of imidazole rings is 1. The van der Waals surface area contributed by atoms with Gasteiger partial charge in [0.1, 0.15) is 12.1 Å². The summed E-state index contributed by atoms with van der Waals surface area (Å²) < 4.78 is 7.39. The van der Waals surface area contributed by atoms with E-state index in [0.29, 0.717) is 0 Å². The number of benzene rings is 3. The van der Waals surface area contributed by atoms with E-state index in [4.69, 9.17) is 9.72 Å². The molecule has 122 valence electrons. The summed E-state index contributed by atoms with van der Waals surface area (Å²) in [5, 5.41) is 0. The lowest BCUT2D eigenvalue weighted by atomic mass is 10.0. The van der Waals surface area contributed by atoms with Gasteiger partial charge < -0.3 is 4.74 Å². The first-order chi connectivity index (χ1) is 12.4. The number of rotatable bonds is 4. The van der Waals surface area contributed by atoms with E-state index in [0.717, 1.165) is 34.0 Å². The van der Waals surface area contributed by atoms with Gasteiger partial charge in [0.2, 0.25) is 0 Å². The van der Waals surface area contributed by atoms with Crippen molar-refractivity contribution in [2.75, 3.05) is 7.11 Å². The predicted molar refractivity (Wildman–Crippen MR) is 101 cm³/mol. The fourth-order valence-corrected chi connectivity index (χ4v) is 2.97. The number of nitrogens with zero attached hydrogens (tertiary/aromatic N) is 2. The second-order valence-electron chi connectivity index (χ2n) is 5.74. The lowest BCUT2D eigenvalue weighted by Crippen LogP contribution is -1.96. The van der Waals surface area contributed by atoms with Crippen LogP contribution in [0.5, 0.6) is 5.75 Å². The van der Waals surface area contributed by atoms with E-state index < -0.39 is 0 Å². The molecule has 0 saturated carbocycles. The van der Waals surface area contributed by atoms with Crippen LogP contribution in [0.3, 0.4) is 0 Å². The second-order valence-corrected chi connectivity index (χ2v) is 5.74. The summed E-state index contributed by atoms with van der Waals surface area (Å²) in [6.07, 6.45) is 1.88. The molecular weight excluding hydrogens is 308 g/mol. The van der Waals surface area contributed by atoms with Crippen LogP contribution >= 0.6 is 0 Å². The minimum absolute atomic E-state index is 0.841. The van der Waals surface area contributed by atoms with Crippen molar-refractivity contribution in [3.63, 3.8) is 0 Å². The third-order valence-corrected chi connectivity index (χ3v) is 4.21. The van der Waals surface area contributed by atoms with Crippen LogP contribution in [0, 0.1) is 0 Å². The van der Waals surface area contributed by atoms with Gasteiger partial charge in [0.15, 0.2) is 0 Å². The zero-order chi connectivity index (χ0) is 17.1. The van der Waals surface area contributed by atoms with Gasteiger partial charge in [-0.3, -0.25) is 4.57 Å². The van der Waals surface area contributed by atoms with Crippen LogP contribution in [0.15, 0.2) is 91.3 Å². The molecule has 1 heterocycles. The van der Waals surface area contributed by atoms with Gasteiger partial charge in [0, 0.05) is 16.8 Å². The first kappa shape index (κ1) is 15.2. The lowest BCUT2D eigenvalue weighted by Gasteiger charge is -2.11.